The van der Waals surface area contributed by atoms with E-state index in [0.29, 0.717) is 56.1 Å². The molecule has 0 saturated heterocycles. The third kappa shape index (κ3) is 5.87. The highest BCUT2D eigenvalue weighted by Gasteiger charge is 2.36. The Kier molecular flexibility index (Phi) is 7.06. The number of hydrogen-bond acceptors (Lipinski definition) is 9. The lowest BCUT2D eigenvalue weighted by molar-refractivity contribution is -0.120. The Morgan fingerprint density at radius 3 is 2.85 bits per heavy atom. The number of carbonyl (C=O) groups excluding carboxylic acids is 1. The fraction of sp³-hybridized carbons (Fsp3) is 0.409. The van der Waals surface area contributed by atoms with E-state index >= 15 is 0 Å². The molecule has 1 saturated carbocycles. The first-order valence-corrected chi connectivity index (χ1v) is 12.6. The summed E-state index contributed by atoms with van der Waals surface area (Å²) >= 11 is 0. The van der Waals surface area contributed by atoms with Gasteiger partial charge in [-0.1, -0.05) is 12.2 Å². The molecule has 0 bridgehead atoms. The third-order valence-corrected chi connectivity index (χ3v) is 7.19. The van der Waals surface area contributed by atoms with E-state index in [1.165, 1.54) is 6.20 Å². The molecule has 1 aliphatic carbocycles. The number of amides is 1. The Labute approximate surface area is 198 Å². The van der Waals surface area contributed by atoms with Crippen molar-refractivity contribution in [3.63, 3.8) is 0 Å². The van der Waals surface area contributed by atoms with Crippen LogP contribution in [-0.2, 0) is 21.2 Å². The zero-order valence-corrected chi connectivity index (χ0v) is 19.6. The van der Waals surface area contributed by atoms with Crippen molar-refractivity contribution in [2.24, 2.45) is 5.73 Å². The van der Waals surface area contributed by atoms with Gasteiger partial charge in [0.2, 0.25) is 27.8 Å². The van der Waals surface area contributed by atoms with Crippen LogP contribution in [-0.4, -0.2) is 63.6 Å². The number of hydrogen-bond donors (Lipinski definition) is 2. The topological polar surface area (TPSA) is 153 Å². The summed E-state index contributed by atoms with van der Waals surface area (Å²) in [5, 5.41) is -0.349. The largest absolute Gasteiger partial charge is 0.477 e. The van der Waals surface area contributed by atoms with E-state index in [9.17, 15) is 13.2 Å². The predicted molar refractivity (Wildman–Crippen MR) is 126 cm³/mol. The van der Waals surface area contributed by atoms with Gasteiger partial charge in [0.05, 0.1) is 29.9 Å². The zero-order valence-electron chi connectivity index (χ0n) is 18.8. The van der Waals surface area contributed by atoms with E-state index in [1.54, 1.807) is 30.6 Å². The molecule has 2 aliphatic rings. The highest BCUT2D eigenvalue weighted by Crippen LogP contribution is 2.29. The molecule has 180 valence electrons. The molecule has 1 atom stereocenters. The van der Waals surface area contributed by atoms with Crippen molar-refractivity contribution in [2.45, 2.75) is 43.9 Å². The first-order valence-electron chi connectivity index (χ1n) is 11.1. The van der Waals surface area contributed by atoms with Crippen LogP contribution in [0.15, 0.2) is 43.0 Å². The quantitative estimate of drug-likeness (QED) is 0.479. The molecule has 11 nitrogen and oxygen atoms in total. The molecular weight excluding hydrogens is 458 g/mol. The van der Waals surface area contributed by atoms with Crippen LogP contribution in [0, 0.1) is 0 Å². The number of nitrogens with two attached hydrogens (primary N) is 1. The predicted octanol–water partition coefficient (Wildman–Crippen LogP) is 1.27. The minimum atomic E-state index is -3.42. The molecule has 2 aromatic rings. The summed E-state index contributed by atoms with van der Waals surface area (Å²) < 4.78 is 32.1. The lowest BCUT2D eigenvalue weighted by atomic mass is 10.1. The molecule has 2 aromatic heterocycles. The Morgan fingerprint density at radius 1 is 1.29 bits per heavy atom. The van der Waals surface area contributed by atoms with E-state index < -0.39 is 22.0 Å². The fourth-order valence-corrected chi connectivity index (χ4v) is 4.82. The Hall–Kier alpha value is -3.54. The molecule has 1 aliphatic heterocycles. The minimum Gasteiger partial charge on any atom is -0.477 e. The van der Waals surface area contributed by atoms with Crippen molar-refractivity contribution in [3.8, 4) is 5.88 Å². The second-order valence-corrected chi connectivity index (χ2v) is 9.99. The van der Waals surface area contributed by atoms with Crippen LogP contribution < -0.4 is 15.2 Å². The summed E-state index contributed by atoms with van der Waals surface area (Å²) in [6.07, 6.45) is 12.6. The summed E-state index contributed by atoms with van der Waals surface area (Å²) in [5.74, 6) is 0.0458. The molecule has 4 rings (SSSR count). The number of ether oxygens (including phenoxy) is 1. The first-order chi connectivity index (χ1) is 16.4. The van der Waals surface area contributed by atoms with Crippen LogP contribution in [0.25, 0.3) is 5.57 Å². The normalized spacial score (nSPS) is 17.9. The Bertz CT molecular complexity index is 1210. The zero-order chi connectivity index (χ0) is 24.1. The van der Waals surface area contributed by atoms with Gasteiger partial charge in [0.1, 0.15) is 6.04 Å². The number of nitrogens with zero attached hydrogens (tertiary/aromatic N) is 5. The van der Waals surface area contributed by atoms with Gasteiger partial charge in [0.25, 0.3) is 0 Å². The summed E-state index contributed by atoms with van der Waals surface area (Å²) in [5.41, 5.74) is 7.71. The molecule has 1 amide bonds. The van der Waals surface area contributed by atoms with Gasteiger partial charge in [-0.15, -0.1) is 0 Å². The summed E-state index contributed by atoms with van der Waals surface area (Å²) in [6.45, 7) is 2.87. The minimum absolute atomic E-state index is 0.0789. The van der Waals surface area contributed by atoms with Crippen molar-refractivity contribution in [1.82, 2.24) is 24.8 Å². The number of rotatable bonds is 11. The summed E-state index contributed by atoms with van der Waals surface area (Å²) in [6, 6.07) is 1.16. The fourth-order valence-electron chi connectivity index (χ4n) is 3.54. The number of allylic oxidation sites excluding steroid dienone is 2. The second-order valence-electron chi connectivity index (χ2n) is 8.03. The van der Waals surface area contributed by atoms with E-state index in [-0.39, 0.29) is 11.2 Å². The van der Waals surface area contributed by atoms with Gasteiger partial charge in [-0.3, -0.25) is 14.5 Å². The van der Waals surface area contributed by atoms with Crippen LogP contribution in [0.4, 0.5) is 5.95 Å². The number of nitrogens with one attached hydrogen (secondary N) is 1. The van der Waals surface area contributed by atoms with Crippen molar-refractivity contribution >= 4 is 27.5 Å². The number of sulfonamides is 1. The van der Waals surface area contributed by atoms with Gasteiger partial charge in [-0.05, 0) is 38.7 Å². The molecule has 12 heteroatoms. The highest BCUT2D eigenvalue weighted by molar-refractivity contribution is 7.93. The van der Waals surface area contributed by atoms with Crippen molar-refractivity contribution in [2.75, 3.05) is 17.9 Å². The highest BCUT2D eigenvalue weighted by atomic mass is 32.2. The van der Waals surface area contributed by atoms with Gasteiger partial charge in [-0.2, -0.15) is 0 Å². The average molecular weight is 486 g/mol. The van der Waals surface area contributed by atoms with Gasteiger partial charge < -0.3 is 15.4 Å². The number of anilines is 1. The number of primary amides is 1. The lowest BCUT2D eigenvalue weighted by Gasteiger charge is -2.30. The maximum absolute atomic E-state index is 12.1. The van der Waals surface area contributed by atoms with Crippen LogP contribution in [0.1, 0.15) is 37.6 Å². The molecule has 0 spiro atoms. The summed E-state index contributed by atoms with van der Waals surface area (Å²) in [4.78, 5) is 30.8. The monoisotopic (exact) mass is 485 g/mol. The van der Waals surface area contributed by atoms with Gasteiger partial charge in [0.15, 0.2) is 0 Å². The Balaban J connectivity index is 1.42. The van der Waals surface area contributed by atoms with Gasteiger partial charge >= 0.3 is 0 Å². The van der Waals surface area contributed by atoms with Crippen LogP contribution in [0.5, 0.6) is 5.88 Å². The van der Waals surface area contributed by atoms with Crippen LogP contribution in [0.3, 0.4) is 0 Å². The molecule has 34 heavy (non-hydrogen) atoms. The van der Waals surface area contributed by atoms with Crippen LogP contribution >= 0.6 is 0 Å². The molecule has 3 heterocycles. The molecule has 1 fully saturated rings. The summed E-state index contributed by atoms with van der Waals surface area (Å²) in [7, 11) is -3.42. The van der Waals surface area contributed by atoms with Crippen molar-refractivity contribution < 1.29 is 17.9 Å². The maximum Gasteiger partial charge on any atom is 0.244 e. The molecule has 1 unspecified atom stereocenters. The van der Waals surface area contributed by atoms with Gasteiger partial charge in [0, 0.05) is 30.2 Å². The van der Waals surface area contributed by atoms with Gasteiger partial charge in [-0.25, -0.2) is 23.4 Å². The van der Waals surface area contributed by atoms with Crippen LogP contribution in [0.2, 0.25) is 0 Å². The number of aromatic nitrogens is 4. The molecule has 3 N–H and O–H groups in total. The number of carbonyl (C=O) groups is 1. The molecule has 0 radical (unpaired) electrons. The van der Waals surface area contributed by atoms with E-state index in [4.69, 9.17) is 10.5 Å². The standard InChI is InChI=1S/C22H27N7O4S/c1-2-33-20-13-24-12-18(27-20)15-5-8-19(21(23)30)29(14-15)11-3-4-16-9-10-25-22(26-16)28-34(31,32)17-6-7-17/h5,8-10,12-14,17,19H,2-4,6-7,11H2,1H3,(H2,23,30)(H,25,26,28). The smallest absolute Gasteiger partial charge is 0.244 e. The van der Waals surface area contributed by atoms with E-state index in [0.717, 1.165) is 5.57 Å². The van der Waals surface area contributed by atoms with E-state index in [2.05, 4.69) is 24.7 Å². The Morgan fingerprint density at radius 2 is 2.12 bits per heavy atom. The molecule has 0 aromatic carbocycles. The molecular formula is C22H27N7O4S. The first kappa shape index (κ1) is 23.6. The SMILES string of the molecule is CCOc1cncc(C2=CN(CCCc3ccnc(NS(=O)(=O)C4CC4)n3)C(C(N)=O)C=C2)n1. The third-order valence-electron chi connectivity index (χ3n) is 5.37. The lowest BCUT2D eigenvalue weighted by Crippen LogP contribution is -2.42. The second kappa shape index (κ2) is 10.2. The average Bonchev–Trinajstić information content (AvgIpc) is 3.66. The number of aryl methyl sites for hydroxylation is 1. The van der Waals surface area contributed by atoms with E-state index in [1.807, 2.05) is 18.0 Å². The maximum atomic E-state index is 12.1. The van der Waals surface area contributed by atoms with Crippen molar-refractivity contribution in [1.29, 1.82) is 0 Å². The van der Waals surface area contributed by atoms with Crippen molar-refractivity contribution in [3.05, 3.63) is 54.4 Å².